The van der Waals surface area contributed by atoms with Gasteiger partial charge in [0.15, 0.2) is 6.04 Å². The summed E-state index contributed by atoms with van der Waals surface area (Å²) in [6.07, 6.45) is 3.38. The Balaban J connectivity index is 1.65. The molecule has 2 atom stereocenters. The molecule has 1 N–H and O–H groups in total. The summed E-state index contributed by atoms with van der Waals surface area (Å²) in [7, 11) is 2.16. The van der Waals surface area contributed by atoms with Crippen molar-refractivity contribution in [3.63, 3.8) is 0 Å². The number of anilines is 1. The summed E-state index contributed by atoms with van der Waals surface area (Å²) in [5.74, 6) is 0.245. The van der Waals surface area contributed by atoms with Gasteiger partial charge in [0.05, 0.1) is 6.61 Å². The normalized spacial score (nSPS) is 19.3. The van der Waals surface area contributed by atoms with E-state index < -0.39 is 6.04 Å². The highest BCUT2D eigenvalue weighted by molar-refractivity contribution is 5.81. The predicted molar refractivity (Wildman–Crippen MR) is 105 cm³/mol. The van der Waals surface area contributed by atoms with Crippen molar-refractivity contribution in [2.45, 2.75) is 25.3 Å². The van der Waals surface area contributed by atoms with Gasteiger partial charge in [0.1, 0.15) is 0 Å². The molecule has 3 rings (SSSR count). The minimum atomic E-state index is -0.493. The summed E-state index contributed by atoms with van der Waals surface area (Å²) in [6.45, 7) is 2.71. The number of esters is 1. The lowest BCUT2D eigenvalue weighted by Gasteiger charge is -2.21. The minimum absolute atomic E-state index is 0.211. The topological polar surface area (TPSA) is 41.6 Å². The first-order chi connectivity index (χ1) is 12.7. The Labute approximate surface area is 156 Å². The first-order valence-electron chi connectivity index (χ1n) is 9.44. The lowest BCUT2D eigenvalue weighted by Crippen LogP contribution is -2.26. The van der Waals surface area contributed by atoms with Gasteiger partial charge in [0.2, 0.25) is 0 Å². The number of nitrogens with zero attached hydrogens (tertiary/aromatic N) is 1. The van der Waals surface area contributed by atoms with Gasteiger partial charge in [-0.2, -0.15) is 0 Å². The third-order valence-electron chi connectivity index (χ3n) is 4.99. The number of carbonyl (C=O) groups excluding carboxylic acids is 1. The summed E-state index contributed by atoms with van der Waals surface area (Å²) in [5.41, 5.74) is 1.83. The van der Waals surface area contributed by atoms with Crippen molar-refractivity contribution in [2.24, 2.45) is 5.92 Å². The van der Waals surface area contributed by atoms with Gasteiger partial charge in [-0.05, 0) is 63.0 Å². The molecule has 2 aromatic carbocycles. The van der Waals surface area contributed by atoms with E-state index in [1.54, 1.807) is 0 Å². The standard InChI is InChI=1S/C22H28N2O2/c1-24-15-8-9-18(14-16-24)17-26-22(25)21(19-10-4-2-5-11-19)23-20-12-6-3-7-13-20/h2-7,10-13,18,21,23H,8-9,14-17H2,1H3. The Morgan fingerprint density at radius 2 is 1.77 bits per heavy atom. The fourth-order valence-corrected chi connectivity index (χ4v) is 3.38. The molecular weight excluding hydrogens is 324 g/mol. The van der Waals surface area contributed by atoms with E-state index in [9.17, 15) is 4.79 Å². The van der Waals surface area contributed by atoms with E-state index >= 15 is 0 Å². The molecule has 0 saturated carbocycles. The van der Waals surface area contributed by atoms with E-state index in [1.807, 2.05) is 60.7 Å². The Hall–Kier alpha value is -2.33. The predicted octanol–water partition coefficient (Wildman–Crippen LogP) is 4.11. The molecular formula is C22H28N2O2. The zero-order valence-electron chi connectivity index (χ0n) is 15.4. The molecule has 4 nitrogen and oxygen atoms in total. The van der Waals surface area contributed by atoms with E-state index in [2.05, 4.69) is 17.3 Å². The molecule has 4 heteroatoms. The van der Waals surface area contributed by atoms with Gasteiger partial charge in [0.25, 0.3) is 0 Å². The Morgan fingerprint density at radius 3 is 2.50 bits per heavy atom. The molecule has 2 unspecified atom stereocenters. The quantitative estimate of drug-likeness (QED) is 0.794. The molecule has 0 bridgehead atoms. The van der Waals surface area contributed by atoms with Gasteiger partial charge >= 0.3 is 5.97 Å². The van der Waals surface area contributed by atoms with Crippen LogP contribution in [0.2, 0.25) is 0 Å². The van der Waals surface area contributed by atoms with E-state index in [4.69, 9.17) is 4.74 Å². The lowest BCUT2D eigenvalue weighted by atomic mass is 10.0. The van der Waals surface area contributed by atoms with Crippen LogP contribution < -0.4 is 5.32 Å². The van der Waals surface area contributed by atoms with Gasteiger partial charge < -0.3 is 15.0 Å². The molecule has 2 aromatic rings. The summed E-state index contributed by atoms with van der Waals surface area (Å²) in [4.78, 5) is 15.2. The second-order valence-corrected chi connectivity index (χ2v) is 7.08. The smallest absolute Gasteiger partial charge is 0.333 e. The molecule has 0 aliphatic carbocycles. The number of benzene rings is 2. The maximum atomic E-state index is 12.8. The van der Waals surface area contributed by atoms with E-state index in [-0.39, 0.29) is 5.97 Å². The van der Waals surface area contributed by atoms with Crippen molar-refractivity contribution in [3.8, 4) is 0 Å². The number of hydrogen-bond acceptors (Lipinski definition) is 4. The van der Waals surface area contributed by atoms with Crippen LogP contribution in [0.3, 0.4) is 0 Å². The molecule has 138 valence electrons. The van der Waals surface area contributed by atoms with Crippen LogP contribution in [-0.2, 0) is 9.53 Å². The van der Waals surface area contributed by atoms with Gasteiger partial charge in [-0.15, -0.1) is 0 Å². The Morgan fingerprint density at radius 1 is 1.08 bits per heavy atom. The highest BCUT2D eigenvalue weighted by atomic mass is 16.5. The molecule has 1 aliphatic heterocycles. The van der Waals surface area contributed by atoms with Crippen LogP contribution in [0.25, 0.3) is 0 Å². The molecule has 1 aliphatic rings. The van der Waals surface area contributed by atoms with Crippen molar-refractivity contribution >= 4 is 11.7 Å². The minimum Gasteiger partial charge on any atom is -0.464 e. The number of para-hydroxylation sites is 1. The van der Waals surface area contributed by atoms with Gasteiger partial charge in [-0.25, -0.2) is 4.79 Å². The van der Waals surface area contributed by atoms with Crippen molar-refractivity contribution in [3.05, 3.63) is 66.2 Å². The van der Waals surface area contributed by atoms with Gasteiger partial charge in [-0.3, -0.25) is 0 Å². The first kappa shape index (κ1) is 18.5. The largest absolute Gasteiger partial charge is 0.464 e. The van der Waals surface area contributed by atoms with Crippen LogP contribution in [0.4, 0.5) is 5.69 Å². The van der Waals surface area contributed by atoms with Gasteiger partial charge in [-0.1, -0.05) is 48.5 Å². The Bertz CT molecular complexity index is 675. The van der Waals surface area contributed by atoms with Crippen LogP contribution in [0.15, 0.2) is 60.7 Å². The van der Waals surface area contributed by atoms with E-state index in [0.29, 0.717) is 12.5 Å². The molecule has 26 heavy (non-hydrogen) atoms. The summed E-state index contributed by atoms with van der Waals surface area (Å²) < 4.78 is 5.74. The second kappa shape index (κ2) is 9.39. The van der Waals surface area contributed by atoms with Crippen LogP contribution in [0.5, 0.6) is 0 Å². The average molecular weight is 352 g/mol. The number of ether oxygens (including phenoxy) is 1. The average Bonchev–Trinajstić information content (AvgIpc) is 2.90. The SMILES string of the molecule is CN1CCCC(COC(=O)C(Nc2ccccc2)c2ccccc2)CC1. The third kappa shape index (κ3) is 5.33. The van der Waals surface area contributed by atoms with E-state index in [0.717, 1.165) is 37.2 Å². The van der Waals surface area contributed by atoms with Crippen LogP contribution in [0.1, 0.15) is 30.9 Å². The van der Waals surface area contributed by atoms with Crippen LogP contribution >= 0.6 is 0 Å². The summed E-state index contributed by atoms with van der Waals surface area (Å²) in [5, 5.41) is 3.32. The number of nitrogens with one attached hydrogen (secondary N) is 1. The molecule has 1 saturated heterocycles. The molecule has 0 amide bonds. The highest BCUT2D eigenvalue weighted by Gasteiger charge is 2.24. The summed E-state index contributed by atoms with van der Waals surface area (Å²) in [6, 6.07) is 19.1. The van der Waals surface area contributed by atoms with Crippen LogP contribution in [0, 0.1) is 5.92 Å². The molecule has 1 fully saturated rings. The molecule has 1 heterocycles. The first-order valence-corrected chi connectivity index (χ1v) is 9.44. The third-order valence-corrected chi connectivity index (χ3v) is 4.99. The van der Waals surface area contributed by atoms with Crippen molar-refractivity contribution < 1.29 is 9.53 Å². The highest BCUT2D eigenvalue weighted by Crippen LogP contribution is 2.23. The fraction of sp³-hybridized carbons (Fsp3) is 0.409. The second-order valence-electron chi connectivity index (χ2n) is 7.08. The van der Waals surface area contributed by atoms with Crippen molar-refractivity contribution in [2.75, 3.05) is 32.1 Å². The number of rotatable bonds is 6. The monoisotopic (exact) mass is 352 g/mol. The molecule has 0 aromatic heterocycles. The maximum absolute atomic E-state index is 12.8. The lowest BCUT2D eigenvalue weighted by molar-refractivity contribution is -0.146. The molecule has 0 radical (unpaired) electrons. The number of likely N-dealkylation sites (tertiary alicyclic amines) is 1. The maximum Gasteiger partial charge on any atom is 0.333 e. The molecule has 0 spiro atoms. The number of hydrogen-bond donors (Lipinski definition) is 1. The Kier molecular flexibility index (Phi) is 6.67. The van der Waals surface area contributed by atoms with Crippen molar-refractivity contribution in [1.29, 1.82) is 0 Å². The van der Waals surface area contributed by atoms with Gasteiger partial charge in [0, 0.05) is 5.69 Å². The van der Waals surface area contributed by atoms with E-state index in [1.165, 1.54) is 6.42 Å². The van der Waals surface area contributed by atoms with Crippen LogP contribution in [-0.4, -0.2) is 37.6 Å². The fourth-order valence-electron chi connectivity index (χ4n) is 3.38. The summed E-state index contributed by atoms with van der Waals surface area (Å²) >= 11 is 0. The zero-order valence-corrected chi connectivity index (χ0v) is 15.4. The zero-order chi connectivity index (χ0) is 18.2. The van der Waals surface area contributed by atoms with Crippen molar-refractivity contribution in [1.82, 2.24) is 4.90 Å². The number of carbonyl (C=O) groups is 1.